The van der Waals surface area contributed by atoms with Gasteiger partial charge in [0.1, 0.15) is 11.2 Å². The summed E-state index contributed by atoms with van der Waals surface area (Å²) in [7, 11) is 0. The molecule has 1 atom stereocenters. The van der Waals surface area contributed by atoms with Crippen LogP contribution in [-0.4, -0.2) is 17.0 Å². The van der Waals surface area contributed by atoms with Crippen LogP contribution in [0.2, 0.25) is 0 Å². The maximum atomic E-state index is 5.97. The predicted molar refractivity (Wildman–Crippen MR) is 92.7 cm³/mol. The molecule has 0 saturated heterocycles. The summed E-state index contributed by atoms with van der Waals surface area (Å²) in [5.41, 5.74) is -0.571. The van der Waals surface area contributed by atoms with E-state index in [0.29, 0.717) is 0 Å². The predicted octanol–water partition coefficient (Wildman–Crippen LogP) is 5.95. The molecule has 138 valence electrons. The van der Waals surface area contributed by atoms with Crippen molar-refractivity contribution in [2.45, 2.75) is 117 Å². The molecule has 0 aliphatic heterocycles. The van der Waals surface area contributed by atoms with Gasteiger partial charge in [-0.05, 0) is 52.4 Å². The highest BCUT2D eigenvalue weighted by Crippen LogP contribution is 2.41. The lowest BCUT2D eigenvalue weighted by Gasteiger charge is -2.43. The molecule has 0 heterocycles. The first-order valence-electron chi connectivity index (χ1n) is 9.52. The van der Waals surface area contributed by atoms with Crippen LogP contribution in [0.25, 0.3) is 0 Å². The molecule has 1 saturated carbocycles. The Hall–Kier alpha value is -0.160. The van der Waals surface area contributed by atoms with E-state index >= 15 is 0 Å². The first kappa shape index (κ1) is 20.9. The van der Waals surface area contributed by atoms with Crippen LogP contribution in [0.4, 0.5) is 0 Å². The molecule has 23 heavy (non-hydrogen) atoms. The minimum Gasteiger partial charge on any atom is -0.227 e. The number of rotatable bonds is 10. The molecular formula is C19H38O4. The van der Waals surface area contributed by atoms with Gasteiger partial charge in [0.05, 0.1) is 0 Å². The summed E-state index contributed by atoms with van der Waals surface area (Å²) >= 11 is 0. The minimum absolute atomic E-state index is 0.243. The van der Waals surface area contributed by atoms with E-state index in [4.69, 9.17) is 19.6 Å². The molecule has 0 N–H and O–H groups in total. The van der Waals surface area contributed by atoms with Crippen molar-refractivity contribution < 1.29 is 19.6 Å². The summed E-state index contributed by atoms with van der Waals surface area (Å²) in [4.78, 5) is 23.7. The first-order chi connectivity index (χ1) is 10.8. The highest BCUT2D eigenvalue weighted by Gasteiger charge is 2.46. The molecule has 0 aromatic heterocycles. The lowest BCUT2D eigenvalue weighted by molar-refractivity contribution is -0.559. The minimum atomic E-state index is -0.796. The van der Waals surface area contributed by atoms with E-state index in [-0.39, 0.29) is 17.1 Å². The molecule has 4 heteroatoms. The summed E-state index contributed by atoms with van der Waals surface area (Å²) in [5, 5.41) is 0. The van der Waals surface area contributed by atoms with Crippen LogP contribution < -0.4 is 0 Å². The van der Waals surface area contributed by atoms with Crippen molar-refractivity contribution in [3.63, 3.8) is 0 Å². The van der Waals surface area contributed by atoms with Crippen molar-refractivity contribution >= 4 is 0 Å². The lowest BCUT2D eigenvalue weighted by atomic mass is 9.85. The molecule has 1 unspecified atom stereocenters. The molecule has 1 rings (SSSR count). The van der Waals surface area contributed by atoms with E-state index in [1.807, 2.05) is 0 Å². The fourth-order valence-electron chi connectivity index (χ4n) is 2.63. The van der Waals surface area contributed by atoms with Gasteiger partial charge in [-0.2, -0.15) is 9.78 Å². The molecular weight excluding hydrogens is 292 g/mol. The fourth-order valence-corrected chi connectivity index (χ4v) is 2.63. The number of hydrogen-bond acceptors (Lipinski definition) is 4. The Balaban J connectivity index is 2.82. The Kier molecular flexibility index (Phi) is 7.99. The quantitative estimate of drug-likeness (QED) is 0.282. The Morgan fingerprint density at radius 1 is 0.826 bits per heavy atom. The van der Waals surface area contributed by atoms with E-state index in [0.717, 1.165) is 44.9 Å². The SMILES string of the molecule is CCC(C)(CC)OOC1(OOC(C)(CC)CC)CCCCC1C. The summed E-state index contributed by atoms with van der Waals surface area (Å²) in [5.74, 6) is -0.553. The van der Waals surface area contributed by atoms with Gasteiger partial charge in [-0.25, -0.2) is 9.78 Å². The molecule has 0 aromatic rings. The van der Waals surface area contributed by atoms with Crippen LogP contribution >= 0.6 is 0 Å². The lowest BCUT2D eigenvalue weighted by Crippen LogP contribution is -2.48. The van der Waals surface area contributed by atoms with Crippen molar-refractivity contribution in [1.82, 2.24) is 0 Å². The third-order valence-electron chi connectivity index (χ3n) is 5.92. The van der Waals surface area contributed by atoms with Crippen LogP contribution in [0.1, 0.15) is 99.8 Å². The van der Waals surface area contributed by atoms with Gasteiger partial charge in [0, 0.05) is 12.3 Å². The third-order valence-corrected chi connectivity index (χ3v) is 5.92. The van der Waals surface area contributed by atoms with Crippen LogP contribution in [0.15, 0.2) is 0 Å². The molecule has 1 aliphatic carbocycles. The highest BCUT2D eigenvalue weighted by atomic mass is 17.3. The molecule has 0 radical (unpaired) electrons. The fraction of sp³-hybridized carbons (Fsp3) is 1.00. The monoisotopic (exact) mass is 330 g/mol. The van der Waals surface area contributed by atoms with Crippen LogP contribution in [0.5, 0.6) is 0 Å². The molecule has 0 aromatic carbocycles. The maximum absolute atomic E-state index is 5.97. The van der Waals surface area contributed by atoms with E-state index in [9.17, 15) is 0 Å². The van der Waals surface area contributed by atoms with Gasteiger partial charge in [-0.15, -0.1) is 0 Å². The second-order valence-electron chi connectivity index (χ2n) is 7.61. The van der Waals surface area contributed by atoms with E-state index in [2.05, 4.69) is 48.5 Å². The molecule has 0 amide bonds. The zero-order valence-electron chi connectivity index (χ0n) is 16.4. The van der Waals surface area contributed by atoms with Crippen molar-refractivity contribution in [2.75, 3.05) is 0 Å². The summed E-state index contributed by atoms with van der Waals surface area (Å²) < 4.78 is 0. The first-order valence-corrected chi connectivity index (χ1v) is 9.52. The van der Waals surface area contributed by atoms with Gasteiger partial charge in [-0.3, -0.25) is 0 Å². The molecule has 1 aliphatic rings. The van der Waals surface area contributed by atoms with E-state index in [1.54, 1.807) is 0 Å². The zero-order chi connectivity index (χ0) is 17.6. The van der Waals surface area contributed by atoms with Crippen molar-refractivity contribution in [2.24, 2.45) is 5.92 Å². The van der Waals surface area contributed by atoms with E-state index in [1.165, 1.54) is 6.42 Å². The van der Waals surface area contributed by atoms with Gasteiger partial charge >= 0.3 is 0 Å². The largest absolute Gasteiger partial charge is 0.236 e. The molecule has 4 nitrogen and oxygen atoms in total. The Bertz CT molecular complexity index is 312. The van der Waals surface area contributed by atoms with Crippen molar-refractivity contribution in [3.8, 4) is 0 Å². The molecule has 1 fully saturated rings. The smallest absolute Gasteiger partial charge is 0.227 e. The Morgan fingerprint density at radius 2 is 1.26 bits per heavy atom. The summed E-state index contributed by atoms with van der Waals surface area (Å²) in [6.07, 6.45) is 7.74. The van der Waals surface area contributed by atoms with Gasteiger partial charge in [-0.1, -0.05) is 41.0 Å². The summed E-state index contributed by atoms with van der Waals surface area (Å²) in [6.45, 7) is 14.8. The van der Waals surface area contributed by atoms with Gasteiger partial charge < -0.3 is 0 Å². The standard InChI is InChI=1S/C19H38O4/c1-8-17(6,9-2)20-22-19(15-13-12-14-16(19)5)23-21-18(7,10-3)11-4/h16H,8-15H2,1-7H3. The van der Waals surface area contributed by atoms with Gasteiger partial charge in [0.15, 0.2) is 0 Å². The average molecular weight is 331 g/mol. The van der Waals surface area contributed by atoms with Crippen molar-refractivity contribution in [1.29, 1.82) is 0 Å². The van der Waals surface area contributed by atoms with Crippen LogP contribution in [-0.2, 0) is 19.6 Å². The summed E-state index contributed by atoms with van der Waals surface area (Å²) in [6, 6.07) is 0. The topological polar surface area (TPSA) is 36.9 Å². The Morgan fingerprint density at radius 3 is 1.61 bits per heavy atom. The van der Waals surface area contributed by atoms with Crippen LogP contribution in [0, 0.1) is 5.92 Å². The normalized spacial score (nSPS) is 22.3. The number of hydrogen-bond donors (Lipinski definition) is 0. The third kappa shape index (κ3) is 5.42. The van der Waals surface area contributed by atoms with Crippen LogP contribution in [0.3, 0.4) is 0 Å². The second kappa shape index (κ2) is 8.80. The van der Waals surface area contributed by atoms with Gasteiger partial charge in [0.2, 0.25) is 5.79 Å². The molecule has 0 bridgehead atoms. The maximum Gasteiger partial charge on any atom is 0.236 e. The molecule has 0 spiro atoms. The Labute approximate surface area is 143 Å². The average Bonchev–Trinajstić information content (AvgIpc) is 2.59. The zero-order valence-corrected chi connectivity index (χ0v) is 16.4. The second-order valence-corrected chi connectivity index (χ2v) is 7.61. The highest BCUT2D eigenvalue weighted by molar-refractivity contribution is 4.81. The van der Waals surface area contributed by atoms with E-state index < -0.39 is 5.79 Å². The van der Waals surface area contributed by atoms with Crippen molar-refractivity contribution in [3.05, 3.63) is 0 Å². The van der Waals surface area contributed by atoms with Gasteiger partial charge in [0.25, 0.3) is 0 Å².